The molecule has 1 amide bonds. The first kappa shape index (κ1) is 18.1. The van der Waals surface area contributed by atoms with Gasteiger partial charge < -0.3 is 4.52 Å². The van der Waals surface area contributed by atoms with Gasteiger partial charge in [0.2, 0.25) is 5.82 Å². The molecule has 26 heavy (non-hydrogen) atoms. The lowest BCUT2D eigenvalue weighted by Gasteiger charge is -2.11. The summed E-state index contributed by atoms with van der Waals surface area (Å²) in [6.45, 7) is 0.332. The van der Waals surface area contributed by atoms with Gasteiger partial charge >= 0.3 is 12.1 Å². The minimum Gasteiger partial charge on any atom is -0.329 e. The molecule has 0 aliphatic heterocycles. The van der Waals surface area contributed by atoms with Gasteiger partial charge in [-0.2, -0.15) is 23.3 Å². The number of rotatable bonds is 5. The molecule has 0 spiro atoms. The van der Waals surface area contributed by atoms with E-state index in [9.17, 15) is 18.0 Å². The topological polar surface area (TPSA) is 86.3 Å². The van der Waals surface area contributed by atoms with Gasteiger partial charge in [-0.15, -0.1) is 11.3 Å². The van der Waals surface area contributed by atoms with Gasteiger partial charge in [0.25, 0.3) is 5.91 Å². The third kappa shape index (κ3) is 3.75. The average molecular weight is 387 g/mol. The Balaban J connectivity index is 1.72. The van der Waals surface area contributed by atoms with Crippen molar-refractivity contribution >= 4 is 17.2 Å². The quantitative estimate of drug-likeness (QED) is 0.626. The molecule has 0 radical (unpaired) electrons. The molecule has 3 rings (SSSR count). The van der Waals surface area contributed by atoms with Gasteiger partial charge in [-0.3, -0.25) is 14.3 Å². The Morgan fingerprint density at radius 3 is 2.81 bits per heavy atom. The fourth-order valence-corrected chi connectivity index (χ4v) is 2.92. The number of alkyl halides is 3. The Morgan fingerprint density at radius 1 is 1.38 bits per heavy atom. The van der Waals surface area contributed by atoms with E-state index >= 15 is 0 Å². The molecule has 0 aromatic carbocycles. The number of amides is 1. The maximum absolute atomic E-state index is 12.5. The third-order valence-corrected chi connectivity index (χ3v) is 4.35. The van der Waals surface area contributed by atoms with Crippen LogP contribution in [0.5, 0.6) is 0 Å². The van der Waals surface area contributed by atoms with Crippen LogP contribution < -0.4 is 0 Å². The molecule has 0 fully saturated rings. The summed E-state index contributed by atoms with van der Waals surface area (Å²) in [7, 11) is 2.83. The van der Waals surface area contributed by atoms with Gasteiger partial charge in [-0.25, -0.2) is 5.06 Å². The molecule has 12 heteroatoms. The van der Waals surface area contributed by atoms with Gasteiger partial charge in [0, 0.05) is 18.1 Å². The minimum atomic E-state index is -4.68. The molecule has 0 saturated heterocycles. The Hall–Kier alpha value is -2.73. The van der Waals surface area contributed by atoms with E-state index in [0.29, 0.717) is 11.4 Å². The summed E-state index contributed by atoms with van der Waals surface area (Å²) in [4.78, 5) is 21.3. The SMILES string of the molecule is CON(C)C(=O)c1ccn(Cc2ccc(-c3noc(C(F)(F)F)n3)s2)n1. The number of carbonyl (C=O) groups is 1. The smallest absolute Gasteiger partial charge is 0.329 e. The zero-order valence-electron chi connectivity index (χ0n) is 13.5. The highest BCUT2D eigenvalue weighted by atomic mass is 32.1. The van der Waals surface area contributed by atoms with Gasteiger partial charge in [0.1, 0.15) is 0 Å². The number of carbonyl (C=O) groups excluding carboxylic acids is 1. The normalized spacial score (nSPS) is 11.7. The Morgan fingerprint density at radius 2 is 2.15 bits per heavy atom. The standard InChI is InChI=1S/C14H12F3N5O3S/c1-21(24-2)12(23)9-5-6-22(19-9)7-8-3-4-10(26-8)11-18-13(25-20-11)14(15,16)17/h3-6H,7H2,1-2H3. The van der Waals surface area contributed by atoms with Crippen molar-refractivity contribution in [3.8, 4) is 10.7 Å². The second kappa shape index (κ2) is 6.88. The molecule has 3 aromatic rings. The van der Waals surface area contributed by atoms with Crippen LogP contribution in [0.3, 0.4) is 0 Å². The molecule has 3 heterocycles. The van der Waals surface area contributed by atoms with Crippen molar-refractivity contribution in [2.45, 2.75) is 12.7 Å². The fourth-order valence-electron chi connectivity index (χ4n) is 1.99. The largest absolute Gasteiger partial charge is 0.471 e. The Bertz CT molecular complexity index is 917. The lowest BCUT2D eigenvalue weighted by Crippen LogP contribution is -2.25. The van der Waals surface area contributed by atoms with Crippen LogP contribution >= 0.6 is 11.3 Å². The summed E-state index contributed by atoms with van der Waals surface area (Å²) >= 11 is 1.20. The van der Waals surface area contributed by atoms with E-state index in [4.69, 9.17) is 4.84 Å². The van der Waals surface area contributed by atoms with Crippen LogP contribution in [0.15, 0.2) is 28.9 Å². The number of hydroxylamine groups is 2. The van der Waals surface area contributed by atoms with Crippen molar-refractivity contribution in [1.29, 1.82) is 0 Å². The highest BCUT2D eigenvalue weighted by Crippen LogP contribution is 2.31. The molecule has 0 aliphatic carbocycles. The molecule has 3 aromatic heterocycles. The molecular weight excluding hydrogens is 375 g/mol. The molecule has 0 aliphatic rings. The van der Waals surface area contributed by atoms with Crippen molar-refractivity contribution in [3.63, 3.8) is 0 Å². The predicted molar refractivity (Wildman–Crippen MR) is 83.0 cm³/mol. The zero-order valence-corrected chi connectivity index (χ0v) is 14.3. The van der Waals surface area contributed by atoms with E-state index < -0.39 is 18.0 Å². The molecule has 0 atom stereocenters. The van der Waals surface area contributed by atoms with Crippen LogP contribution in [0.4, 0.5) is 13.2 Å². The summed E-state index contributed by atoms with van der Waals surface area (Å²) in [6, 6.07) is 4.86. The Labute approximate surface area is 148 Å². The van der Waals surface area contributed by atoms with Crippen molar-refractivity contribution in [2.75, 3.05) is 14.2 Å². The molecule has 0 bridgehead atoms. The molecule has 8 nitrogen and oxygen atoms in total. The second-order valence-electron chi connectivity index (χ2n) is 5.07. The number of hydrogen-bond acceptors (Lipinski definition) is 7. The van der Waals surface area contributed by atoms with Gasteiger partial charge in [0.15, 0.2) is 5.69 Å². The number of nitrogens with zero attached hydrogens (tertiary/aromatic N) is 5. The first-order chi connectivity index (χ1) is 12.3. The highest BCUT2D eigenvalue weighted by Gasteiger charge is 2.38. The minimum absolute atomic E-state index is 0.133. The van der Waals surface area contributed by atoms with E-state index in [1.807, 2.05) is 0 Å². The van der Waals surface area contributed by atoms with E-state index in [2.05, 4.69) is 19.8 Å². The lowest BCUT2D eigenvalue weighted by molar-refractivity contribution is -0.159. The summed E-state index contributed by atoms with van der Waals surface area (Å²) in [5.74, 6) is -1.92. The third-order valence-electron chi connectivity index (χ3n) is 3.29. The summed E-state index contributed by atoms with van der Waals surface area (Å²) in [6.07, 6.45) is -3.06. The Kier molecular flexibility index (Phi) is 4.78. The van der Waals surface area contributed by atoms with E-state index in [1.54, 1.807) is 24.4 Å². The van der Waals surface area contributed by atoms with Gasteiger partial charge in [-0.1, -0.05) is 5.16 Å². The lowest BCUT2D eigenvalue weighted by atomic mass is 10.4. The van der Waals surface area contributed by atoms with Gasteiger partial charge in [-0.05, 0) is 18.2 Å². The number of hydrogen-bond donors (Lipinski definition) is 0. The highest BCUT2D eigenvalue weighted by molar-refractivity contribution is 7.15. The van der Waals surface area contributed by atoms with Crippen molar-refractivity contribution in [3.05, 3.63) is 40.9 Å². The van der Waals surface area contributed by atoms with Crippen LogP contribution in [0.1, 0.15) is 21.3 Å². The summed E-state index contributed by atoms with van der Waals surface area (Å²) in [5, 5.41) is 8.54. The van der Waals surface area contributed by atoms with E-state index in [-0.39, 0.29) is 11.5 Å². The van der Waals surface area contributed by atoms with Crippen LogP contribution in [-0.4, -0.2) is 45.0 Å². The fraction of sp³-hybridized carbons (Fsp3) is 0.286. The monoisotopic (exact) mass is 387 g/mol. The molecule has 0 saturated carbocycles. The van der Waals surface area contributed by atoms with Crippen molar-refractivity contribution in [1.82, 2.24) is 25.0 Å². The van der Waals surface area contributed by atoms with Crippen molar-refractivity contribution in [2.24, 2.45) is 0 Å². The first-order valence-electron chi connectivity index (χ1n) is 7.13. The van der Waals surface area contributed by atoms with Crippen LogP contribution in [0.25, 0.3) is 10.7 Å². The van der Waals surface area contributed by atoms with E-state index in [0.717, 1.165) is 9.94 Å². The molecular formula is C14H12F3N5O3S. The number of thiophene rings is 1. The van der Waals surface area contributed by atoms with Crippen molar-refractivity contribution < 1.29 is 27.3 Å². The average Bonchev–Trinajstić information content (AvgIpc) is 3.32. The molecule has 138 valence electrons. The van der Waals surface area contributed by atoms with Gasteiger partial charge in [0.05, 0.1) is 18.5 Å². The second-order valence-corrected chi connectivity index (χ2v) is 6.24. The zero-order chi connectivity index (χ0) is 18.9. The summed E-state index contributed by atoms with van der Waals surface area (Å²) < 4.78 is 43.3. The number of halogens is 3. The molecule has 0 N–H and O–H groups in total. The maximum Gasteiger partial charge on any atom is 0.471 e. The summed E-state index contributed by atoms with van der Waals surface area (Å²) in [5.41, 5.74) is 0.208. The molecule has 0 unspecified atom stereocenters. The van der Waals surface area contributed by atoms with Crippen LogP contribution in [-0.2, 0) is 17.6 Å². The first-order valence-corrected chi connectivity index (χ1v) is 7.95. The van der Waals surface area contributed by atoms with Crippen LogP contribution in [0.2, 0.25) is 0 Å². The van der Waals surface area contributed by atoms with E-state index in [1.165, 1.54) is 30.2 Å². The number of aromatic nitrogens is 4. The predicted octanol–water partition coefficient (Wildman–Crippen LogP) is 2.70. The van der Waals surface area contributed by atoms with Crippen LogP contribution in [0, 0.1) is 0 Å². The maximum atomic E-state index is 12.5.